The van der Waals surface area contributed by atoms with Gasteiger partial charge in [-0.15, -0.1) is 0 Å². The number of aliphatic hydroxyl groups excluding tert-OH is 1. The van der Waals surface area contributed by atoms with Crippen LogP contribution in [0.25, 0.3) is 22.3 Å². The number of fused-ring (bicyclic) bond motifs is 1. The van der Waals surface area contributed by atoms with Crippen molar-refractivity contribution < 1.29 is 14.6 Å². The molecule has 5 heteroatoms. The standard InChI is InChI=1S/C14H20N2O2.C13H10O/c1-11(18)12-2-4-13(5-3-12)14-10-15-6-7-16(14)8-9-17;1-14-13-11(7-10-8-12(10)13)9-5-3-2-4-6-9/h2-5,14-15,17H,6-10H2,1H3;2-8H,1H3. The van der Waals surface area contributed by atoms with Crippen LogP contribution in [0.5, 0.6) is 5.75 Å². The van der Waals surface area contributed by atoms with Gasteiger partial charge in [0.05, 0.1) is 13.7 Å². The second kappa shape index (κ2) is 10.1. The first-order chi connectivity index (χ1) is 15.6. The first kappa shape index (κ1) is 22.2. The third-order valence-corrected chi connectivity index (χ3v) is 6.05. The minimum Gasteiger partial charge on any atom is -0.495 e. The summed E-state index contributed by atoms with van der Waals surface area (Å²) in [6.45, 7) is 5.25. The van der Waals surface area contributed by atoms with E-state index in [1.807, 2.05) is 42.5 Å². The Balaban J connectivity index is 0.000000157. The number of piperazine rings is 1. The number of β-amino-alcohol motifs (C(OH)–C–C–N with tert-alkyl or cyclic N) is 1. The predicted octanol–water partition coefficient (Wildman–Crippen LogP) is 4.17. The van der Waals surface area contributed by atoms with Gasteiger partial charge in [0.25, 0.3) is 0 Å². The number of carbonyl (C=O) groups excluding carboxylic acids is 1. The summed E-state index contributed by atoms with van der Waals surface area (Å²) >= 11 is 0. The number of nitrogens with one attached hydrogen (secondary N) is 1. The topological polar surface area (TPSA) is 61.8 Å². The molecular weight excluding hydrogens is 400 g/mol. The van der Waals surface area contributed by atoms with Gasteiger partial charge in [-0.05, 0) is 35.7 Å². The maximum absolute atomic E-state index is 11.2. The number of carbonyl (C=O) groups is 1. The fourth-order valence-electron chi connectivity index (χ4n) is 4.26. The second-order valence-electron chi connectivity index (χ2n) is 8.13. The average molecular weight is 431 g/mol. The molecule has 0 spiro atoms. The number of benzene rings is 3. The highest BCUT2D eigenvalue weighted by molar-refractivity contribution is 5.97. The first-order valence-electron chi connectivity index (χ1n) is 11.1. The van der Waals surface area contributed by atoms with Crippen LogP contribution in [0, 0.1) is 0 Å². The van der Waals surface area contributed by atoms with E-state index in [1.54, 1.807) is 14.0 Å². The molecule has 3 aliphatic rings. The maximum atomic E-state index is 11.2. The number of nitrogens with zero attached hydrogens (tertiary/aromatic N) is 1. The maximum Gasteiger partial charge on any atom is 0.159 e. The Bertz CT molecular complexity index is 1060. The van der Waals surface area contributed by atoms with Gasteiger partial charge in [-0.3, -0.25) is 9.69 Å². The molecule has 2 aromatic carbocycles. The highest BCUT2D eigenvalue weighted by atomic mass is 16.5. The van der Waals surface area contributed by atoms with Crippen molar-refractivity contribution >= 4 is 5.78 Å². The molecular formula is C27H30N2O3. The van der Waals surface area contributed by atoms with Crippen molar-refractivity contribution in [1.82, 2.24) is 10.2 Å². The van der Waals surface area contributed by atoms with Gasteiger partial charge in [0.15, 0.2) is 5.78 Å². The van der Waals surface area contributed by atoms with Gasteiger partial charge < -0.3 is 15.2 Å². The molecule has 1 fully saturated rings. The van der Waals surface area contributed by atoms with Crippen LogP contribution < -0.4 is 10.1 Å². The highest BCUT2D eigenvalue weighted by Gasteiger charge is 2.24. The lowest BCUT2D eigenvalue weighted by molar-refractivity contribution is 0.101. The summed E-state index contributed by atoms with van der Waals surface area (Å²) in [6.07, 6.45) is 0. The number of Topliss-reactive ketones (excluding diaryl/α,β-unsaturated/α-hetero) is 1. The Morgan fingerprint density at radius 1 is 1.06 bits per heavy atom. The van der Waals surface area contributed by atoms with Crippen LogP contribution in [0.2, 0.25) is 0 Å². The number of hydrogen-bond donors (Lipinski definition) is 2. The number of aliphatic hydroxyl groups is 1. The zero-order valence-electron chi connectivity index (χ0n) is 18.7. The van der Waals surface area contributed by atoms with Crippen LogP contribution in [0.1, 0.15) is 28.9 Å². The SMILES string of the molecule is CC(=O)c1ccc(C2CNCCN2CCO)cc1.COc1c(-c2ccccc2)cc2cc1-2. The molecule has 2 aliphatic carbocycles. The largest absolute Gasteiger partial charge is 0.495 e. The Morgan fingerprint density at radius 3 is 2.38 bits per heavy atom. The fraction of sp³-hybridized carbons (Fsp3) is 0.296. The molecule has 1 atom stereocenters. The summed E-state index contributed by atoms with van der Waals surface area (Å²) in [6, 6.07) is 22.7. The molecule has 0 aromatic heterocycles. The van der Waals surface area contributed by atoms with Gasteiger partial charge in [-0.25, -0.2) is 0 Å². The van der Waals surface area contributed by atoms with Crippen molar-refractivity contribution in [2.24, 2.45) is 0 Å². The van der Waals surface area contributed by atoms with E-state index < -0.39 is 0 Å². The van der Waals surface area contributed by atoms with Crippen molar-refractivity contribution in [2.75, 3.05) is 39.9 Å². The lowest BCUT2D eigenvalue weighted by Gasteiger charge is -2.36. The minimum atomic E-state index is 0.0931. The molecule has 0 saturated carbocycles. The van der Waals surface area contributed by atoms with Gasteiger partial charge >= 0.3 is 0 Å². The Morgan fingerprint density at radius 2 is 1.75 bits per heavy atom. The second-order valence-corrected chi connectivity index (χ2v) is 8.13. The average Bonchev–Trinajstić information content (AvgIpc) is 3.51. The van der Waals surface area contributed by atoms with Crippen LogP contribution >= 0.6 is 0 Å². The van der Waals surface area contributed by atoms with Gasteiger partial charge in [0, 0.05) is 48.9 Å². The van der Waals surface area contributed by atoms with E-state index in [0.717, 1.165) is 30.9 Å². The molecule has 2 N–H and O–H groups in total. The zero-order valence-corrected chi connectivity index (χ0v) is 18.7. The van der Waals surface area contributed by atoms with Gasteiger partial charge in [-0.2, -0.15) is 0 Å². The molecule has 2 aromatic rings. The summed E-state index contributed by atoms with van der Waals surface area (Å²) in [5, 5.41) is 12.5. The molecule has 1 heterocycles. The molecule has 1 saturated heterocycles. The van der Waals surface area contributed by atoms with Crippen molar-refractivity contribution in [3.05, 3.63) is 77.9 Å². The third-order valence-electron chi connectivity index (χ3n) is 6.05. The number of ketones is 1. The smallest absolute Gasteiger partial charge is 0.159 e. The molecule has 32 heavy (non-hydrogen) atoms. The Kier molecular flexibility index (Phi) is 7.00. The van der Waals surface area contributed by atoms with Gasteiger partial charge in [0.1, 0.15) is 5.75 Å². The fourth-order valence-corrected chi connectivity index (χ4v) is 4.26. The van der Waals surface area contributed by atoms with E-state index in [1.165, 1.54) is 27.8 Å². The summed E-state index contributed by atoms with van der Waals surface area (Å²) in [7, 11) is 1.73. The first-order valence-corrected chi connectivity index (χ1v) is 11.1. The van der Waals surface area contributed by atoms with E-state index in [2.05, 4.69) is 34.5 Å². The molecule has 0 radical (unpaired) electrons. The molecule has 5 rings (SSSR count). The summed E-state index contributed by atoms with van der Waals surface area (Å²) in [4.78, 5) is 13.5. The number of ether oxygens (including phenoxy) is 1. The molecule has 0 amide bonds. The Hall–Kier alpha value is -2.99. The lowest BCUT2D eigenvalue weighted by Crippen LogP contribution is -2.46. The number of hydrogen-bond acceptors (Lipinski definition) is 5. The number of rotatable bonds is 6. The predicted molar refractivity (Wildman–Crippen MR) is 128 cm³/mol. The summed E-state index contributed by atoms with van der Waals surface area (Å²) in [5.41, 5.74) is 6.97. The third kappa shape index (κ3) is 4.91. The quantitative estimate of drug-likeness (QED) is 0.450. The van der Waals surface area contributed by atoms with Crippen LogP contribution in [-0.4, -0.2) is 55.7 Å². The highest BCUT2D eigenvalue weighted by Crippen LogP contribution is 2.50. The normalized spacial score (nSPS) is 16.7. The molecule has 166 valence electrons. The minimum absolute atomic E-state index is 0.0931. The van der Waals surface area contributed by atoms with E-state index in [-0.39, 0.29) is 18.4 Å². The van der Waals surface area contributed by atoms with Crippen molar-refractivity contribution in [3.63, 3.8) is 0 Å². The van der Waals surface area contributed by atoms with Crippen LogP contribution in [-0.2, 0) is 0 Å². The van der Waals surface area contributed by atoms with Gasteiger partial charge in [0.2, 0.25) is 0 Å². The van der Waals surface area contributed by atoms with Crippen LogP contribution in [0.4, 0.5) is 0 Å². The Labute approximate surface area is 189 Å². The molecule has 5 nitrogen and oxygen atoms in total. The van der Waals surface area contributed by atoms with Crippen molar-refractivity contribution in [2.45, 2.75) is 13.0 Å². The molecule has 0 bridgehead atoms. The van der Waals surface area contributed by atoms with Crippen molar-refractivity contribution in [3.8, 4) is 28.0 Å². The van der Waals surface area contributed by atoms with Crippen molar-refractivity contribution in [1.29, 1.82) is 0 Å². The molecule has 1 unspecified atom stereocenters. The number of methoxy groups -OCH3 is 1. The summed E-state index contributed by atoms with van der Waals surface area (Å²) < 4.78 is 5.39. The van der Waals surface area contributed by atoms with Gasteiger partial charge in [-0.1, -0.05) is 54.6 Å². The lowest BCUT2D eigenvalue weighted by atomic mass is 10.0. The zero-order chi connectivity index (χ0) is 22.5. The van der Waals surface area contributed by atoms with E-state index >= 15 is 0 Å². The van der Waals surface area contributed by atoms with E-state index in [0.29, 0.717) is 6.54 Å². The molecule has 1 aliphatic heterocycles. The summed E-state index contributed by atoms with van der Waals surface area (Å²) in [5.74, 6) is 1.11. The van der Waals surface area contributed by atoms with Crippen LogP contribution in [0.3, 0.4) is 0 Å². The van der Waals surface area contributed by atoms with E-state index in [9.17, 15) is 4.79 Å². The monoisotopic (exact) mass is 430 g/mol. The van der Waals surface area contributed by atoms with Crippen LogP contribution in [0.15, 0.2) is 66.7 Å². The van der Waals surface area contributed by atoms with E-state index in [4.69, 9.17) is 9.84 Å².